The van der Waals surface area contributed by atoms with Crippen LogP contribution in [-0.2, 0) is 13.5 Å². The molecule has 27 heavy (non-hydrogen) atoms. The summed E-state index contributed by atoms with van der Waals surface area (Å²) < 4.78 is 9.02. The third-order valence-corrected chi connectivity index (χ3v) is 5.55. The fourth-order valence-electron chi connectivity index (χ4n) is 4.06. The van der Waals surface area contributed by atoms with E-state index in [-0.39, 0.29) is 5.91 Å². The van der Waals surface area contributed by atoms with Gasteiger partial charge in [0.05, 0.1) is 13.3 Å². The molecule has 3 heterocycles. The minimum absolute atomic E-state index is 0.0953. The maximum atomic E-state index is 13.1. The minimum atomic E-state index is 0.0953. The van der Waals surface area contributed by atoms with E-state index in [9.17, 15) is 4.79 Å². The predicted octanol–water partition coefficient (Wildman–Crippen LogP) is 3.17. The van der Waals surface area contributed by atoms with Crippen LogP contribution in [0.3, 0.4) is 0 Å². The van der Waals surface area contributed by atoms with Crippen molar-refractivity contribution >= 4 is 11.6 Å². The molecule has 1 aliphatic heterocycles. The first-order valence-corrected chi connectivity index (χ1v) is 9.56. The molecule has 0 saturated carbocycles. The second-order valence-corrected chi connectivity index (χ2v) is 7.39. The lowest BCUT2D eigenvalue weighted by Crippen LogP contribution is -2.40. The molecule has 0 spiro atoms. The number of likely N-dealkylation sites (tertiary alicyclic amines) is 1. The van der Waals surface area contributed by atoms with Crippen molar-refractivity contribution in [2.24, 2.45) is 13.0 Å². The molecule has 1 saturated heterocycles. The Labute approximate surface area is 159 Å². The van der Waals surface area contributed by atoms with E-state index in [1.54, 1.807) is 17.8 Å². The molecule has 1 aromatic carbocycles. The average Bonchev–Trinajstić information content (AvgIpc) is 3.29. The van der Waals surface area contributed by atoms with Gasteiger partial charge in [-0.15, -0.1) is 0 Å². The Morgan fingerprint density at radius 2 is 2.22 bits per heavy atom. The van der Waals surface area contributed by atoms with E-state index in [2.05, 4.69) is 17.2 Å². The molecule has 0 bridgehead atoms. The van der Waals surface area contributed by atoms with E-state index < -0.39 is 0 Å². The van der Waals surface area contributed by atoms with Crippen LogP contribution in [0, 0.1) is 5.92 Å². The average molecular weight is 366 g/mol. The summed E-state index contributed by atoms with van der Waals surface area (Å²) in [6, 6.07) is 8.26. The number of aryl methyl sites for hydroxylation is 2. The van der Waals surface area contributed by atoms with Gasteiger partial charge in [-0.25, -0.2) is 4.52 Å². The number of methoxy groups -OCH3 is 1. The molecule has 0 unspecified atom stereocenters. The van der Waals surface area contributed by atoms with Gasteiger partial charge in [0.2, 0.25) is 0 Å². The Morgan fingerprint density at radius 3 is 3.07 bits per heavy atom. The number of imidazole rings is 1. The number of amides is 1. The van der Waals surface area contributed by atoms with E-state index in [0.29, 0.717) is 11.5 Å². The van der Waals surface area contributed by atoms with Gasteiger partial charge in [-0.2, -0.15) is 5.10 Å². The molecular formula is C21H26N4O2. The monoisotopic (exact) mass is 366 g/mol. The van der Waals surface area contributed by atoms with Crippen molar-refractivity contribution in [3.8, 4) is 5.75 Å². The van der Waals surface area contributed by atoms with Gasteiger partial charge in [-0.1, -0.05) is 12.1 Å². The Balaban J connectivity index is 1.41. The van der Waals surface area contributed by atoms with Gasteiger partial charge in [-0.3, -0.25) is 4.79 Å². The molecule has 6 nitrogen and oxygen atoms in total. The molecule has 0 radical (unpaired) electrons. The number of carbonyl (C=O) groups is 1. The summed E-state index contributed by atoms with van der Waals surface area (Å²) in [4.78, 5) is 15.1. The Hall–Kier alpha value is -2.76. The molecular weight excluding hydrogens is 340 g/mol. The number of piperidine rings is 1. The maximum absolute atomic E-state index is 13.1. The van der Waals surface area contributed by atoms with E-state index in [4.69, 9.17) is 4.74 Å². The highest BCUT2D eigenvalue weighted by Crippen LogP contribution is 2.25. The third-order valence-electron chi connectivity index (χ3n) is 5.55. The van der Waals surface area contributed by atoms with E-state index in [1.165, 1.54) is 12.0 Å². The fourth-order valence-corrected chi connectivity index (χ4v) is 4.06. The molecule has 0 N–H and O–H groups in total. The molecule has 6 heteroatoms. The number of carbonyl (C=O) groups excluding carboxylic acids is 1. The predicted molar refractivity (Wildman–Crippen MR) is 104 cm³/mol. The van der Waals surface area contributed by atoms with Gasteiger partial charge < -0.3 is 14.2 Å². The molecule has 4 rings (SSSR count). The van der Waals surface area contributed by atoms with Gasteiger partial charge in [0.25, 0.3) is 5.91 Å². The zero-order valence-electron chi connectivity index (χ0n) is 16.0. The molecule has 1 amide bonds. The van der Waals surface area contributed by atoms with Gasteiger partial charge in [-0.05, 0) is 49.3 Å². The summed E-state index contributed by atoms with van der Waals surface area (Å²) in [7, 11) is 3.64. The summed E-state index contributed by atoms with van der Waals surface area (Å²) >= 11 is 0. The first-order chi connectivity index (χ1) is 13.2. The second kappa shape index (κ2) is 7.47. The van der Waals surface area contributed by atoms with Gasteiger partial charge in [0, 0.05) is 32.5 Å². The van der Waals surface area contributed by atoms with Crippen LogP contribution >= 0.6 is 0 Å². The van der Waals surface area contributed by atoms with Crippen molar-refractivity contribution in [1.29, 1.82) is 0 Å². The van der Waals surface area contributed by atoms with E-state index in [0.717, 1.165) is 43.7 Å². The summed E-state index contributed by atoms with van der Waals surface area (Å²) in [6.45, 7) is 1.65. The SMILES string of the molecule is COc1cccc(CC[C@H]2CCCN(C(=O)c3cnn4ccn(C)c34)C2)c1. The van der Waals surface area contributed by atoms with Crippen LogP contribution in [0.5, 0.6) is 5.75 Å². The van der Waals surface area contributed by atoms with Crippen LogP contribution in [0.1, 0.15) is 35.2 Å². The standard InChI is InChI=1S/C21H26N4O2/c1-23-11-12-25-20(23)19(14-22-25)21(26)24-10-4-6-17(15-24)9-8-16-5-3-7-18(13-16)27-2/h3,5,7,11-14,17H,4,6,8-10,15H2,1-2H3/t17-/m1/s1. The zero-order valence-corrected chi connectivity index (χ0v) is 16.0. The van der Waals surface area contributed by atoms with E-state index in [1.807, 2.05) is 41.0 Å². The second-order valence-electron chi connectivity index (χ2n) is 7.39. The molecule has 1 aliphatic rings. The lowest BCUT2D eigenvalue weighted by Gasteiger charge is -2.32. The van der Waals surface area contributed by atoms with Crippen molar-refractivity contribution in [3.63, 3.8) is 0 Å². The summed E-state index contributed by atoms with van der Waals surface area (Å²) in [5.41, 5.74) is 2.84. The van der Waals surface area contributed by atoms with Crippen LogP contribution < -0.4 is 4.74 Å². The molecule has 0 aliphatic carbocycles. The zero-order chi connectivity index (χ0) is 18.8. The number of hydrogen-bond donors (Lipinski definition) is 0. The molecule has 2 aromatic heterocycles. The quantitative estimate of drug-likeness (QED) is 0.697. The Bertz CT molecular complexity index is 943. The van der Waals surface area contributed by atoms with Crippen molar-refractivity contribution in [2.75, 3.05) is 20.2 Å². The molecule has 3 aromatic rings. The van der Waals surface area contributed by atoms with Crippen LogP contribution in [0.4, 0.5) is 0 Å². The number of aromatic nitrogens is 3. The number of fused-ring (bicyclic) bond motifs is 1. The smallest absolute Gasteiger partial charge is 0.259 e. The molecule has 1 atom stereocenters. The lowest BCUT2D eigenvalue weighted by atomic mass is 9.91. The normalized spacial score (nSPS) is 17.4. The number of benzene rings is 1. The van der Waals surface area contributed by atoms with Crippen molar-refractivity contribution < 1.29 is 9.53 Å². The highest BCUT2D eigenvalue weighted by Gasteiger charge is 2.27. The van der Waals surface area contributed by atoms with Crippen LogP contribution in [-0.4, -0.2) is 45.2 Å². The van der Waals surface area contributed by atoms with Crippen LogP contribution in [0.15, 0.2) is 42.9 Å². The Kier molecular flexibility index (Phi) is 4.88. The van der Waals surface area contributed by atoms with Gasteiger partial charge in [0.1, 0.15) is 17.0 Å². The summed E-state index contributed by atoms with van der Waals surface area (Å²) in [5, 5.41) is 4.30. The highest BCUT2D eigenvalue weighted by molar-refractivity contribution is 5.99. The van der Waals surface area contributed by atoms with Gasteiger partial charge >= 0.3 is 0 Å². The number of hydrogen-bond acceptors (Lipinski definition) is 3. The molecule has 142 valence electrons. The fraction of sp³-hybridized carbons (Fsp3) is 0.429. The first-order valence-electron chi connectivity index (χ1n) is 9.56. The van der Waals surface area contributed by atoms with Gasteiger partial charge in [0.15, 0.2) is 0 Å². The number of nitrogens with zero attached hydrogens (tertiary/aromatic N) is 4. The van der Waals surface area contributed by atoms with Crippen molar-refractivity contribution in [2.45, 2.75) is 25.7 Å². The molecule has 1 fully saturated rings. The van der Waals surface area contributed by atoms with E-state index >= 15 is 0 Å². The van der Waals surface area contributed by atoms with Crippen LogP contribution in [0.25, 0.3) is 5.65 Å². The summed E-state index contributed by atoms with van der Waals surface area (Å²) in [6.07, 6.45) is 9.83. The largest absolute Gasteiger partial charge is 0.497 e. The maximum Gasteiger partial charge on any atom is 0.259 e. The Morgan fingerprint density at radius 1 is 1.33 bits per heavy atom. The van der Waals surface area contributed by atoms with Crippen molar-refractivity contribution in [3.05, 3.63) is 54.0 Å². The first kappa shape index (κ1) is 17.6. The van der Waals surface area contributed by atoms with Crippen molar-refractivity contribution in [1.82, 2.24) is 19.1 Å². The topological polar surface area (TPSA) is 51.8 Å². The minimum Gasteiger partial charge on any atom is -0.497 e. The lowest BCUT2D eigenvalue weighted by molar-refractivity contribution is 0.0670. The third kappa shape index (κ3) is 3.56. The highest BCUT2D eigenvalue weighted by atomic mass is 16.5. The van der Waals surface area contributed by atoms with Crippen LogP contribution in [0.2, 0.25) is 0 Å². The number of ether oxygens (including phenoxy) is 1. The number of rotatable bonds is 5. The summed E-state index contributed by atoms with van der Waals surface area (Å²) in [5.74, 6) is 1.53.